The van der Waals surface area contributed by atoms with E-state index < -0.39 is 0 Å². The highest BCUT2D eigenvalue weighted by Crippen LogP contribution is 2.17. The van der Waals surface area contributed by atoms with Gasteiger partial charge in [0.1, 0.15) is 18.2 Å². The van der Waals surface area contributed by atoms with Crippen LogP contribution in [-0.4, -0.2) is 11.5 Å². The number of nitrogens with two attached hydrogens (primary N) is 1. The van der Waals surface area contributed by atoms with Crippen molar-refractivity contribution in [2.24, 2.45) is 5.73 Å². The van der Waals surface area contributed by atoms with E-state index in [4.69, 9.17) is 10.5 Å². The SMILES string of the molecule is Cc1cncc(COc2cc(F)cc(C#CCN)c2)c1. The first-order chi connectivity index (χ1) is 9.67. The van der Waals surface area contributed by atoms with E-state index in [0.29, 0.717) is 17.9 Å². The van der Waals surface area contributed by atoms with Gasteiger partial charge in [-0.2, -0.15) is 0 Å². The number of rotatable bonds is 3. The van der Waals surface area contributed by atoms with Crippen LogP contribution in [0.2, 0.25) is 0 Å². The minimum Gasteiger partial charge on any atom is -0.489 e. The monoisotopic (exact) mass is 270 g/mol. The Morgan fingerprint density at radius 2 is 2.10 bits per heavy atom. The molecule has 0 bridgehead atoms. The van der Waals surface area contributed by atoms with Crippen LogP contribution >= 0.6 is 0 Å². The number of hydrogen-bond donors (Lipinski definition) is 1. The molecule has 102 valence electrons. The van der Waals surface area contributed by atoms with Gasteiger partial charge in [-0.05, 0) is 30.7 Å². The third-order valence-electron chi connectivity index (χ3n) is 2.54. The van der Waals surface area contributed by atoms with Gasteiger partial charge < -0.3 is 10.5 Å². The van der Waals surface area contributed by atoms with Crippen LogP contribution in [0.3, 0.4) is 0 Å². The second-order valence-electron chi connectivity index (χ2n) is 4.34. The Morgan fingerprint density at radius 1 is 1.25 bits per heavy atom. The summed E-state index contributed by atoms with van der Waals surface area (Å²) in [5.74, 6) is 5.53. The van der Waals surface area contributed by atoms with E-state index in [9.17, 15) is 4.39 Å². The van der Waals surface area contributed by atoms with Crippen molar-refractivity contribution < 1.29 is 9.13 Å². The lowest BCUT2D eigenvalue weighted by Gasteiger charge is -2.07. The second-order valence-corrected chi connectivity index (χ2v) is 4.34. The lowest BCUT2D eigenvalue weighted by molar-refractivity contribution is 0.304. The average Bonchev–Trinajstić information content (AvgIpc) is 2.42. The first-order valence-electron chi connectivity index (χ1n) is 6.20. The molecule has 0 radical (unpaired) electrons. The Morgan fingerprint density at radius 3 is 2.85 bits per heavy atom. The largest absolute Gasteiger partial charge is 0.489 e. The van der Waals surface area contributed by atoms with Crippen LogP contribution < -0.4 is 10.5 Å². The number of halogens is 1. The van der Waals surface area contributed by atoms with Gasteiger partial charge in [0, 0.05) is 29.6 Å². The molecule has 0 saturated heterocycles. The Hall–Kier alpha value is -2.38. The van der Waals surface area contributed by atoms with Crippen molar-refractivity contribution in [1.82, 2.24) is 4.98 Å². The van der Waals surface area contributed by atoms with E-state index in [1.807, 2.05) is 13.0 Å². The summed E-state index contributed by atoms with van der Waals surface area (Å²) in [6, 6.07) is 6.34. The quantitative estimate of drug-likeness (QED) is 0.871. The molecule has 2 aromatic rings. The van der Waals surface area contributed by atoms with Crippen molar-refractivity contribution in [2.45, 2.75) is 13.5 Å². The number of aromatic nitrogens is 1. The third kappa shape index (κ3) is 4.08. The molecule has 1 aromatic heterocycles. The van der Waals surface area contributed by atoms with Gasteiger partial charge in [0.2, 0.25) is 0 Å². The van der Waals surface area contributed by atoms with Crippen molar-refractivity contribution in [3.05, 3.63) is 59.2 Å². The van der Waals surface area contributed by atoms with Crippen LogP contribution in [0.4, 0.5) is 4.39 Å². The molecule has 1 aromatic carbocycles. The highest BCUT2D eigenvalue weighted by atomic mass is 19.1. The van der Waals surface area contributed by atoms with Gasteiger partial charge in [0.25, 0.3) is 0 Å². The molecule has 0 unspecified atom stereocenters. The van der Waals surface area contributed by atoms with Crippen molar-refractivity contribution >= 4 is 0 Å². The zero-order chi connectivity index (χ0) is 14.4. The fourth-order valence-electron chi connectivity index (χ4n) is 1.73. The highest BCUT2D eigenvalue weighted by molar-refractivity contribution is 5.40. The number of hydrogen-bond acceptors (Lipinski definition) is 3. The molecule has 2 rings (SSSR count). The van der Waals surface area contributed by atoms with Gasteiger partial charge in [-0.3, -0.25) is 4.98 Å². The summed E-state index contributed by atoms with van der Waals surface area (Å²) >= 11 is 0. The lowest BCUT2D eigenvalue weighted by atomic mass is 10.2. The minimum atomic E-state index is -0.383. The molecular formula is C16H15FN2O. The summed E-state index contributed by atoms with van der Waals surface area (Å²) in [6.45, 7) is 2.53. The van der Waals surface area contributed by atoms with Gasteiger partial charge in [-0.15, -0.1) is 0 Å². The van der Waals surface area contributed by atoms with Gasteiger partial charge in [0.15, 0.2) is 0 Å². The van der Waals surface area contributed by atoms with Gasteiger partial charge in [-0.25, -0.2) is 4.39 Å². The molecule has 0 aliphatic carbocycles. The highest BCUT2D eigenvalue weighted by Gasteiger charge is 2.02. The van der Waals surface area contributed by atoms with Crippen molar-refractivity contribution in [3.63, 3.8) is 0 Å². The van der Waals surface area contributed by atoms with Gasteiger partial charge in [-0.1, -0.05) is 11.8 Å². The molecule has 2 N–H and O–H groups in total. The Kier molecular flexibility index (Phi) is 4.70. The third-order valence-corrected chi connectivity index (χ3v) is 2.54. The van der Waals surface area contributed by atoms with Crippen LogP contribution in [0.25, 0.3) is 0 Å². The molecule has 3 nitrogen and oxygen atoms in total. The second kappa shape index (κ2) is 6.69. The molecule has 20 heavy (non-hydrogen) atoms. The van der Waals surface area contributed by atoms with E-state index in [0.717, 1.165) is 11.1 Å². The lowest BCUT2D eigenvalue weighted by Crippen LogP contribution is -1.98. The smallest absolute Gasteiger partial charge is 0.128 e. The summed E-state index contributed by atoms with van der Waals surface area (Å²) in [7, 11) is 0. The van der Waals surface area contributed by atoms with E-state index in [-0.39, 0.29) is 12.4 Å². The predicted octanol–water partition coefficient (Wildman–Crippen LogP) is 2.42. The van der Waals surface area contributed by atoms with Gasteiger partial charge >= 0.3 is 0 Å². The fourth-order valence-corrected chi connectivity index (χ4v) is 1.73. The number of pyridine rings is 1. The normalized spacial score (nSPS) is 9.75. The molecular weight excluding hydrogens is 255 g/mol. The van der Waals surface area contributed by atoms with Crippen LogP contribution in [0.5, 0.6) is 5.75 Å². The molecule has 0 aliphatic rings. The Labute approximate surface area is 117 Å². The summed E-state index contributed by atoms with van der Waals surface area (Å²) in [6.07, 6.45) is 3.49. The van der Waals surface area contributed by atoms with Crippen molar-refractivity contribution in [3.8, 4) is 17.6 Å². The van der Waals surface area contributed by atoms with E-state index in [2.05, 4.69) is 16.8 Å². The van der Waals surface area contributed by atoms with E-state index >= 15 is 0 Å². The molecule has 0 saturated carbocycles. The van der Waals surface area contributed by atoms with Crippen LogP contribution in [0, 0.1) is 24.6 Å². The summed E-state index contributed by atoms with van der Waals surface area (Å²) in [5.41, 5.74) is 7.83. The molecule has 0 aliphatic heterocycles. The molecule has 0 fully saturated rings. The number of benzene rings is 1. The van der Waals surface area contributed by atoms with E-state index in [1.165, 1.54) is 12.1 Å². The topological polar surface area (TPSA) is 48.1 Å². The van der Waals surface area contributed by atoms with E-state index in [1.54, 1.807) is 18.5 Å². The zero-order valence-electron chi connectivity index (χ0n) is 11.2. The Bertz CT molecular complexity index is 659. The fraction of sp³-hybridized carbons (Fsp3) is 0.188. The number of nitrogens with zero attached hydrogens (tertiary/aromatic N) is 1. The number of ether oxygens (including phenoxy) is 1. The maximum Gasteiger partial charge on any atom is 0.128 e. The summed E-state index contributed by atoms with van der Waals surface area (Å²) < 4.78 is 19.0. The molecule has 0 atom stereocenters. The standard InChI is InChI=1S/C16H15FN2O/c1-12-5-14(10-19-9-12)11-20-16-7-13(3-2-4-18)6-15(17)8-16/h5-10H,4,11,18H2,1H3. The van der Waals surface area contributed by atoms with Crippen molar-refractivity contribution in [1.29, 1.82) is 0 Å². The summed E-state index contributed by atoms with van der Waals surface area (Å²) in [4.78, 5) is 4.08. The van der Waals surface area contributed by atoms with Gasteiger partial charge in [0.05, 0.1) is 6.54 Å². The maximum atomic E-state index is 13.5. The minimum absolute atomic E-state index is 0.238. The first kappa shape index (κ1) is 14.0. The van der Waals surface area contributed by atoms with Crippen LogP contribution in [0.1, 0.15) is 16.7 Å². The molecule has 0 spiro atoms. The number of aryl methyl sites for hydroxylation is 1. The maximum absolute atomic E-state index is 13.5. The zero-order valence-corrected chi connectivity index (χ0v) is 11.2. The molecule has 0 amide bonds. The molecule has 4 heteroatoms. The predicted molar refractivity (Wildman–Crippen MR) is 75.6 cm³/mol. The van der Waals surface area contributed by atoms with Crippen LogP contribution in [-0.2, 0) is 6.61 Å². The Balaban J connectivity index is 2.11. The average molecular weight is 270 g/mol. The first-order valence-corrected chi connectivity index (χ1v) is 6.20. The van der Waals surface area contributed by atoms with Crippen LogP contribution in [0.15, 0.2) is 36.7 Å². The van der Waals surface area contributed by atoms with Crippen molar-refractivity contribution in [2.75, 3.05) is 6.54 Å². The summed E-state index contributed by atoms with van der Waals surface area (Å²) in [5, 5.41) is 0. The molecule has 1 heterocycles.